The Bertz CT molecular complexity index is 554. The van der Waals surface area contributed by atoms with Gasteiger partial charge in [0.15, 0.2) is 6.29 Å². The van der Waals surface area contributed by atoms with Crippen LogP contribution in [0.25, 0.3) is 0 Å². The van der Waals surface area contributed by atoms with E-state index in [0.29, 0.717) is 25.4 Å². The number of nitrogens with zero attached hydrogens (tertiary/aromatic N) is 1. The molecule has 2 heterocycles. The molecule has 7 heteroatoms. The number of nitro groups is 1. The molecule has 0 saturated carbocycles. The van der Waals surface area contributed by atoms with Crippen LogP contribution in [0.4, 0.5) is 11.4 Å². The molecule has 0 aromatic heterocycles. The van der Waals surface area contributed by atoms with Crippen molar-refractivity contribution in [3.05, 3.63) is 34.4 Å². The Morgan fingerprint density at radius 1 is 1.17 bits per heavy atom. The minimum Gasteiger partial charge on any atom is -0.381 e. The van der Waals surface area contributed by atoms with Crippen molar-refractivity contribution in [2.75, 3.05) is 38.3 Å². The second-order valence-corrected chi connectivity index (χ2v) is 6.35. The summed E-state index contributed by atoms with van der Waals surface area (Å²) in [6.07, 6.45) is 3.57. The van der Waals surface area contributed by atoms with Crippen LogP contribution in [0.15, 0.2) is 24.3 Å². The molecule has 0 atom stereocenters. The maximum Gasteiger partial charge on any atom is 0.292 e. The van der Waals surface area contributed by atoms with Crippen LogP contribution < -0.4 is 5.32 Å². The van der Waals surface area contributed by atoms with E-state index in [4.69, 9.17) is 14.2 Å². The molecule has 0 radical (unpaired) electrons. The second-order valence-electron chi connectivity index (χ2n) is 6.35. The molecule has 0 bridgehead atoms. The zero-order valence-electron chi connectivity index (χ0n) is 13.7. The summed E-state index contributed by atoms with van der Waals surface area (Å²) < 4.78 is 17.0. The lowest BCUT2D eigenvalue weighted by Gasteiger charge is -2.40. The van der Waals surface area contributed by atoms with Crippen LogP contribution in [0.1, 0.15) is 25.7 Å². The highest BCUT2D eigenvalue weighted by Gasteiger charge is 2.43. The molecule has 0 amide bonds. The number of hydrogen-bond acceptors (Lipinski definition) is 6. The highest BCUT2D eigenvalue weighted by Crippen LogP contribution is 2.42. The maximum absolute atomic E-state index is 11.0. The van der Waals surface area contributed by atoms with E-state index in [-0.39, 0.29) is 22.3 Å². The molecule has 1 aromatic rings. The standard InChI is InChI=1S/C17H24N2O5/c20-19(21)15-5-2-1-4-14(15)18-9-3-6-17(7-10-22-11-8-17)16-23-12-13-24-16/h1-2,4-5,16,18H,3,6-13H2. The summed E-state index contributed by atoms with van der Waals surface area (Å²) in [5.74, 6) is 0. The van der Waals surface area contributed by atoms with Crippen LogP contribution >= 0.6 is 0 Å². The minimum absolute atomic E-state index is 0.000941. The van der Waals surface area contributed by atoms with E-state index in [1.165, 1.54) is 6.07 Å². The van der Waals surface area contributed by atoms with Gasteiger partial charge in [-0.2, -0.15) is 0 Å². The number of hydrogen-bond donors (Lipinski definition) is 1. The molecule has 24 heavy (non-hydrogen) atoms. The zero-order chi connectivity index (χ0) is 16.8. The molecular formula is C17H24N2O5. The van der Waals surface area contributed by atoms with Crippen molar-refractivity contribution in [3.8, 4) is 0 Å². The van der Waals surface area contributed by atoms with Gasteiger partial charge >= 0.3 is 0 Å². The molecule has 2 aliphatic rings. The molecule has 2 aliphatic heterocycles. The summed E-state index contributed by atoms with van der Waals surface area (Å²) in [4.78, 5) is 10.7. The summed E-state index contributed by atoms with van der Waals surface area (Å²) in [6, 6.07) is 6.73. The SMILES string of the molecule is O=[N+]([O-])c1ccccc1NCCCC1(C2OCCO2)CCOCC1. The van der Waals surface area contributed by atoms with Gasteiger partial charge in [0.2, 0.25) is 0 Å². The number of rotatable bonds is 7. The molecule has 2 saturated heterocycles. The van der Waals surface area contributed by atoms with Gasteiger partial charge in [-0.3, -0.25) is 10.1 Å². The Kier molecular flexibility index (Phi) is 5.65. The Hall–Kier alpha value is -1.70. The summed E-state index contributed by atoms with van der Waals surface area (Å²) in [7, 11) is 0. The van der Waals surface area contributed by atoms with Gasteiger partial charge in [0.25, 0.3) is 5.69 Å². The number of anilines is 1. The first kappa shape index (κ1) is 17.1. The fourth-order valence-electron chi connectivity index (χ4n) is 3.54. The summed E-state index contributed by atoms with van der Waals surface area (Å²) in [6.45, 7) is 3.46. The van der Waals surface area contributed by atoms with Gasteiger partial charge in [-0.15, -0.1) is 0 Å². The Morgan fingerprint density at radius 2 is 1.88 bits per heavy atom. The average Bonchev–Trinajstić information content (AvgIpc) is 3.15. The summed E-state index contributed by atoms with van der Waals surface area (Å²) in [5, 5.41) is 14.2. The van der Waals surface area contributed by atoms with Gasteiger partial charge in [0.05, 0.1) is 18.1 Å². The van der Waals surface area contributed by atoms with Gasteiger partial charge in [-0.1, -0.05) is 12.1 Å². The van der Waals surface area contributed by atoms with Crippen LogP contribution in [-0.2, 0) is 14.2 Å². The normalized spacial score (nSPS) is 20.8. The van der Waals surface area contributed by atoms with E-state index < -0.39 is 0 Å². The molecular weight excluding hydrogens is 312 g/mol. The summed E-state index contributed by atoms with van der Waals surface area (Å²) in [5.41, 5.74) is 0.677. The Morgan fingerprint density at radius 3 is 2.58 bits per heavy atom. The quantitative estimate of drug-likeness (QED) is 0.468. The predicted octanol–water partition coefficient (Wildman–Crippen LogP) is 2.96. The number of benzene rings is 1. The first-order chi connectivity index (χ1) is 11.7. The number of nitro benzene ring substituents is 1. The molecule has 0 aliphatic carbocycles. The number of ether oxygens (including phenoxy) is 3. The Labute approximate surface area is 141 Å². The molecule has 2 fully saturated rings. The van der Waals surface area contributed by atoms with Crippen LogP contribution in [0, 0.1) is 15.5 Å². The van der Waals surface area contributed by atoms with Crippen LogP contribution in [0.2, 0.25) is 0 Å². The Balaban J connectivity index is 1.55. The lowest BCUT2D eigenvalue weighted by Crippen LogP contribution is -2.41. The van der Waals surface area contributed by atoms with Crippen LogP contribution in [-0.4, -0.2) is 44.2 Å². The predicted molar refractivity (Wildman–Crippen MR) is 89.0 cm³/mol. The van der Waals surface area contributed by atoms with E-state index in [1.54, 1.807) is 18.2 Å². The van der Waals surface area contributed by atoms with Gasteiger partial charge in [0.1, 0.15) is 5.69 Å². The van der Waals surface area contributed by atoms with Crippen LogP contribution in [0.5, 0.6) is 0 Å². The highest BCUT2D eigenvalue weighted by atomic mass is 16.7. The van der Waals surface area contributed by atoms with Crippen molar-refractivity contribution >= 4 is 11.4 Å². The molecule has 1 aromatic carbocycles. The van der Waals surface area contributed by atoms with Crippen molar-refractivity contribution in [2.45, 2.75) is 32.0 Å². The monoisotopic (exact) mass is 336 g/mol. The van der Waals surface area contributed by atoms with Gasteiger partial charge in [0, 0.05) is 31.2 Å². The number of para-hydroxylation sites is 2. The van der Waals surface area contributed by atoms with Gasteiger partial charge < -0.3 is 19.5 Å². The van der Waals surface area contributed by atoms with Crippen molar-refractivity contribution in [1.29, 1.82) is 0 Å². The van der Waals surface area contributed by atoms with Crippen molar-refractivity contribution in [3.63, 3.8) is 0 Å². The summed E-state index contributed by atoms with van der Waals surface area (Å²) >= 11 is 0. The average molecular weight is 336 g/mol. The molecule has 0 spiro atoms. The third-order valence-corrected chi connectivity index (χ3v) is 4.88. The third kappa shape index (κ3) is 3.85. The second kappa shape index (κ2) is 7.92. The highest BCUT2D eigenvalue weighted by molar-refractivity contribution is 5.60. The zero-order valence-corrected chi connectivity index (χ0v) is 13.7. The minimum atomic E-state index is -0.359. The molecule has 0 unspecified atom stereocenters. The van der Waals surface area contributed by atoms with Crippen LogP contribution in [0.3, 0.4) is 0 Å². The molecule has 7 nitrogen and oxygen atoms in total. The van der Waals surface area contributed by atoms with Crippen molar-refractivity contribution < 1.29 is 19.1 Å². The van der Waals surface area contributed by atoms with E-state index in [2.05, 4.69) is 5.32 Å². The maximum atomic E-state index is 11.0. The van der Waals surface area contributed by atoms with E-state index >= 15 is 0 Å². The third-order valence-electron chi connectivity index (χ3n) is 4.88. The molecule has 1 N–H and O–H groups in total. The van der Waals surface area contributed by atoms with Gasteiger partial charge in [-0.05, 0) is 31.7 Å². The van der Waals surface area contributed by atoms with Gasteiger partial charge in [-0.25, -0.2) is 0 Å². The van der Waals surface area contributed by atoms with E-state index in [1.807, 2.05) is 0 Å². The fraction of sp³-hybridized carbons (Fsp3) is 0.647. The first-order valence-electron chi connectivity index (χ1n) is 8.50. The first-order valence-corrected chi connectivity index (χ1v) is 8.50. The molecule has 3 rings (SSSR count). The van der Waals surface area contributed by atoms with Crippen molar-refractivity contribution in [1.82, 2.24) is 0 Å². The van der Waals surface area contributed by atoms with E-state index in [0.717, 1.165) is 38.9 Å². The largest absolute Gasteiger partial charge is 0.381 e. The number of nitrogens with one attached hydrogen (secondary N) is 1. The lowest BCUT2D eigenvalue weighted by atomic mass is 9.75. The molecule has 132 valence electrons. The fourth-order valence-corrected chi connectivity index (χ4v) is 3.54. The smallest absolute Gasteiger partial charge is 0.292 e. The lowest BCUT2D eigenvalue weighted by molar-refractivity contribution is -0.384. The van der Waals surface area contributed by atoms with E-state index in [9.17, 15) is 10.1 Å². The topological polar surface area (TPSA) is 82.9 Å². The van der Waals surface area contributed by atoms with Crippen molar-refractivity contribution in [2.24, 2.45) is 5.41 Å².